The van der Waals surface area contributed by atoms with Crippen molar-refractivity contribution in [3.05, 3.63) is 175 Å². The Morgan fingerprint density at radius 2 is 0.977 bits per heavy atom. The van der Waals surface area contributed by atoms with Gasteiger partial charge in [0.15, 0.2) is 0 Å². The summed E-state index contributed by atoms with van der Waals surface area (Å²) in [4.78, 5) is 0. The maximum absolute atomic E-state index is 4.96. The third-order valence-corrected chi connectivity index (χ3v) is 12.9. The second-order valence-electron chi connectivity index (χ2n) is 10.6. The van der Waals surface area contributed by atoms with Crippen LogP contribution in [0.3, 0.4) is 0 Å². The number of hydrogen-bond donors (Lipinski definition) is 0. The fourth-order valence-corrected chi connectivity index (χ4v) is 10.9. The summed E-state index contributed by atoms with van der Waals surface area (Å²) < 4.78 is 2.20. The standard InChI is InChI=1S/C39H32N3P2/c1-30(36-28-17-29-37(36)43(32-20-9-3-10-21-32)33-22-11-4-12-23-33)42-39(38(40-41-42)31-18-7-2-8-19-31)44(34-24-13-5-14-25-34)35-26-15-6-16-27-35/h2-30H,1H3/q-1/t30-/m0/s1. The van der Waals surface area contributed by atoms with Crippen LogP contribution in [0, 0.1) is 0 Å². The predicted octanol–water partition coefficient (Wildman–Crippen LogP) is 6.79. The average Bonchev–Trinajstić information content (AvgIpc) is 3.76. The fraction of sp³-hybridized carbons (Fsp3) is 0.0513. The lowest BCUT2D eigenvalue weighted by atomic mass is 10.1. The van der Waals surface area contributed by atoms with Crippen molar-refractivity contribution in [2.45, 2.75) is 13.0 Å². The van der Waals surface area contributed by atoms with E-state index in [1.807, 2.05) is 0 Å². The molecule has 0 fully saturated rings. The van der Waals surface area contributed by atoms with E-state index >= 15 is 0 Å². The molecule has 0 aliphatic carbocycles. The highest BCUT2D eigenvalue weighted by atomic mass is 31.1. The third kappa shape index (κ3) is 5.58. The van der Waals surface area contributed by atoms with Gasteiger partial charge in [0, 0.05) is 19.5 Å². The van der Waals surface area contributed by atoms with Gasteiger partial charge in [-0.2, -0.15) is 17.7 Å². The second-order valence-corrected chi connectivity index (χ2v) is 14.9. The molecule has 6 aromatic carbocycles. The normalized spacial score (nSPS) is 12.1. The summed E-state index contributed by atoms with van der Waals surface area (Å²) in [6.45, 7) is 2.28. The Labute approximate surface area is 261 Å². The van der Waals surface area contributed by atoms with E-state index in [1.165, 1.54) is 32.1 Å². The lowest BCUT2D eigenvalue weighted by Gasteiger charge is -2.30. The molecule has 0 amide bonds. The van der Waals surface area contributed by atoms with Crippen molar-refractivity contribution >= 4 is 47.8 Å². The average molecular weight is 605 g/mol. The van der Waals surface area contributed by atoms with E-state index in [4.69, 9.17) is 10.3 Å². The summed E-state index contributed by atoms with van der Waals surface area (Å²) in [7, 11) is -1.71. The van der Waals surface area contributed by atoms with E-state index in [0.717, 1.165) is 16.7 Å². The van der Waals surface area contributed by atoms with Crippen molar-refractivity contribution in [3.63, 3.8) is 0 Å². The SMILES string of the molecule is C[C@@H](c1cc[cH-]c1P(c1ccccc1)c1ccccc1)n1nnc(-c2ccccc2)c1P(c1ccccc1)c1ccccc1. The molecule has 0 saturated heterocycles. The minimum atomic E-state index is -0.952. The fourth-order valence-electron chi connectivity index (χ4n) is 5.78. The minimum Gasteiger partial charge on any atom is -0.249 e. The van der Waals surface area contributed by atoms with Crippen LogP contribution in [0.5, 0.6) is 0 Å². The van der Waals surface area contributed by atoms with Crippen LogP contribution >= 0.6 is 15.8 Å². The van der Waals surface area contributed by atoms with Gasteiger partial charge in [0.1, 0.15) is 5.69 Å². The molecule has 214 valence electrons. The zero-order valence-corrected chi connectivity index (χ0v) is 26.3. The Bertz CT molecular complexity index is 1840. The molecule has 1 atom stereocenters. The first-order valence-electron chi connectivity index (χ1n) is 14.9. The summed E-state index contributed by atoms with van der Waals surface area (Å²) in [5.41, 5.74) is 4.47. The lowest BCUT2D eigenvalue weighted by molar-refractivity contribution is 0.559. The van der Waals surface area contributed by atoms with E-state index in [-0.39, 0.29) is 6.04 Å². The van der Waals surface area contributed by atoms with Gasteiger partial charge in [-0.1, -0.05) is 164 Å². The van der Waals surface area contributed by atoms with Crippen LogP contribution in [-0.4, -0.2) is 15.0 Å². The Morgan fingerprint density at radius 1 is 0.545 bits per heavy atom. The van der Waals surface area contributed by atoms with E-state index in [1.54, 1.807) is 0 Å². The number of benzene rings is 5. The molecular weight excluding hydrogens is 572 g/mol. The van der Waals surface area contributed by atoms with Gasteiger partial charge in [0.05, 0.1) is 5.44 Å². The molecule has 1 aromatic heterocycles. The van der Waals surface area contributed by atoms with Gasteiger partial charge in [0.25, 0.3) is 0 Å². The molecule has 0 saturated carbocycles. The zero-order valence-electron chi connectivity index (χ0n) is 24.5. The first kappa shape index (κ1) is 28.2. The summed E-state index contributed by atoms with van der Waals surface area (Å²) >= 11 is 0. The van der Waals surface area contributed by atoms with Crippen molar-refractivity contribution < 1.29 is 0 Å². The Hall–Kier alpha value is -4.55. The maximum atomic E-state index is 4.96. The van der Waals surface area contributed by atoms with Crippen LogP contribution in [0.4, 0.5) is 0 Å². The molecule has 0 bridgehead atoms. The zero-order chi connectivity index (χ0) is 29.7. The Morgan fingerprint density at radius 3 is 1.45 bits per heavy atom. The topological polar surface area (TPSA) is 30.7 Å². The molecule has 0 spiro atoms. The highest BCUT2D eigenvalue weighted by molar-refractivity contribution is 7.80. The van der Waals surface area contributed by atoms with Crippen LogP contribution in [0.2, 0.25) is 0 Å². The predicted molar refractivity (Wildman–Crippen MR) is 189 cm³/mol. The van der Waals surface area contributed by atoms with E-state index in [2.05, 4.69) is 181 Å². The van der Waals surface area contributed by atoms with E-state index < -0.39 is 15.8 Å². The summed E-state index contributed by atoms with van der Waals surface area (Å²) in [6, 6.07) is 60.8. The molecule has 0 unspecified atom stereocenters. The third-order valence-electron chi connectivity index (χ3n) is 7.87. The number of nitrogens with zero attached hydrogens (tertiary/aromatic N) is 3. The molecule has 7 rings (SSSR count). The van der Waals surface area contributed by atoms with Crippen molar-refractivity contribution in [1.82, 2.24) is 15.0 Å². The first-order chi connectivity index (χ1) is 21.8. The lowest BCUT2D eigenvalue weighted by Crippen LogP contribution is -2.32. The first-order valence-corrected chi connectivity index (χ1v) is 17.5. The van der Waals surface area contributed by atoms with Crippen LogP contribution < -0.4 is 32.0 Å². The van der Waals surface area contributed by atoms with E-state index in [0.29, 0.717) is 0 Å². The summed E-state index contributed by atoms with van der Waals surface area (Å²) in [5.74, 6) is 0. The van der Waals surface area contributed by atoms with Gasteiger partial charge in [0.2, 0.25) is 0 Å². The molecular formula is C39H32N3P2-. The molecule has 0 N–H and O–H groups in total. The number of hydrogen-bond acceptors (Lipinski definition) is 2. The van der Waals surface area contributed by atoms with Gasteiger partial charge in [-0.15, -0.1) is 10.4 Å². The van der Waals surface area contributed by atoms with Crippen LogP contribution in [0.15, 0.2) is 170 Å². The van der Waals surface area contributed by atoms with Crippen molar-refractivity contribution in [3.8, 4) is 11.3 Å². The van der Waals surface area contributed by atoms with Gasteiger partial charge >= 0.3 is 0 Å². The Balaban J connectivity index is 1.42. The molecule has 0 radical (unpaired) electrons. The van der Waals surface area contributed by atoms with Crippen molar-refractivity contribution in [1.29, 1.82) is 0 Å². The second kappa shape index (κ2) is 13.0. The number of aromatic nitrogens is 3. The van der Waals surface area contributed by atoms with Crippen molar-refractivity contribution in [2.24, 2.45) is 0 Å². The van der Waals surface area contributed by atoms with Crippen LogP contribution in [0.1, 0.15) is 18.5 Å². The van der Waals surface area contributed by atoms with E-state index in [9.17, 15) is 0 Å². The smallest absolute Gasteiger partial charge is 0.121 e. The molecule has 7 aromatic rings. The maximum Gasteiger partial charge on any atom is 0.121 e. The Kier molecular flexibility index (Phi) is 8.33. The van der Waals surface area contributed by atoms with Crippen molar-refractivity contribution in [2.75, 3.05) is 0 Å². The number of rotatable bonds is 9. The van der Waals surface area contributed by atoms with Gasteiger partial charge in [-0.3, -0.25) is 0 Å². The minimum absolute atomic E-state index is 0.0326. The van der Waals surface area contributed by atoms with Gasteiger partial charge in [-0.05, 0) is 29.1 Å². The van der Waals surface area contributed by atoms with Gasteiger partial charge < -0.3 is 0 Å². The molecule has 1 heterocycles. The monoisotopic (exact) mass is 604 g/mol. The van der Waals surface area contributed by atoms with Gasteiger partial charge in [-0.25, -0.2) is 10.7 Å². The summed E-state index contributed by atoms with van der Waals surface area (Å²) in [5, 5.41) is 16.5. The summed E-state index contributed by atoms with van der Waals surface area (Å²) in [6.07, 6.45) is 0. The quantitative estimate of drug-likeness (QED) is 0.134. The largest absolute Gasteiger partial charge is 0.249 e. The molecule has 5 heteroatoms. The molecule has 0 aliphatic rings. The highest BCUT2D eigenvalue weighted by Gasteiger charge is 2.29. The molecule has 3 nitrogen and oxygen atoms in total. The van der Waals surface area contributed by atoms with Crippen LogP contribution in [0.25, 0.3) is 11.3 Å². The highest BCUT2D eigenvalue weighted by Crippen LogP contribution is 2.40. The molecule has 0 aliphatic heterocycles. The van der Waals surface area contributed by atoms with Crippen LogP contribution in [-0.2, 0) is 0 Å². The molecule has 44 heavy (non-hydrogen) atoms.